The predicted molar refractivity (Wildman–Crippen MR) is 84.8 cm³/mol. The molecule has 20 heavy (non-hydrogen) atoms. The molecule has 0 saturated carbocycles. The quantitative estimate of drug-likeness (QED) is 0.582. The third-order valence-electron chi connectivity index (χ3n) is 2.72. The van der Waals surface area contributed by atoms with Gasteiger partial charge in [-0.3, -0.25) is 0 Å². The molecule has 0 aliphatic heterocycles. The van der Waals surface area contributed by atoms with Crippen LogP contribution < -0.4 is 14.8 Å². The van der Waals surface area contributed by atoms with E-state index in [0.717, 1.165) is 30.0 Å². The highest BCUT2D eigenvalue weighted by atomic mass is 16.5. The molecule has 0 aliphatic carbocycles. The summed E-state index contributed by atoms with van der Waals surface area (Å²) in [6, 6.07) is 5.95. The first-order chi connectivity index (χ1) is 9.46. The molecule has 1 N–H and O–H groups in total. The Balaban J connectivity index is 2.61. The summed E-state index contributed by atoms with van der Waals surface area (Å²) < 4.78 is 11.4. The topological polar surface area (TPSA) is 30.5 Å². The van der Waals surface area contributed by atoms with Gasteiger partial charge in [0.15, 0.2) is 0 Å². The average Bonchev–Trinajstić information content (AvgIpc) is 2.36. The van der Waals surface area contributed by atoms with Crippen molar-refractivity contribution in [2.45, 2.75) is 39.7 Å². The zero-order valence-corrected chi connectivity index (χ0v) is 13.2. The maximum atomic E-state index is 5.85. The van der Waals surface area contributed by atoms with Crippen LogP contribution in [0.4, 0.5) is 0 Å². The van der Waals surface area contributed by atoms with E-state index in [1.54, 1.807) is 0 Å². The van der Waals surface area contributed by atoms with Crippen molar-refractivity contribution in [2.75, 3.05) is 19.8 Å². The molecule has 1 aromatic rings. The fourth-order valence-electron chi connectivity index (χ4n) is 1.86. The molecule has 0 radical (unpaired) electrons. The Morgan fingerprint density at radius 2 is 2.00 bits per heavy atom. The van der Waals surface area contributed by atoms with Crippen molar-refractivity contribution in [1.82, 2.24) is 5.32 Å². The van der Waals surface area contributed by atoms with E-state index in [4.69, 9.17) is 9.47 Å². The molecule has 0 saturated heterocycles. The lowest BCUT2D eigenvalue weighted by molar-refractivity contribution is 0.288. The summed E-state index contributed by atoms with van der Waals surface area (Å²) in [6.45, 7) is 14.4. The van der Waals surface area contributed by atoms with Gasteiger partial charge in [0.2, 0.25) is 0 Å². The van der Waals surface area contributed by atoms with E-state index in [1.807, 2.05) is 31.2 Å². The fraction of sp³-hybridized carbons (Fsp3) is 0.529. The number of rotatable bonds is 8. The zero-order chi connectivity index (χ0) is 15.0. The van der Waals surface area contributed by atoms with Crippen LogP contribution in [0.5, 0.6) is 11.5 Å². The van der Waals surface area contributed by atoms with Crippen LogP contribution in [0.3, 0.4) is 0 Å². The second-order valence-corrected chi connectivity index (χ2v) is 5.72. The first-order valence-electron chi connectivity index (χ1n) is 7.20. The first-order valence-corrected chi connectivity index (χ1v) is 7.20. The van der Waals surface area contributed by atoms with Crippen molar-refractivity contribution in [3.63, 3.8) is 0 Å². The smallest absolute Gasteiger partial charge is 0.123 e. The highest BCUT2D eigenvalue weighted by molar-refractivity contribution is 5.41. The molecule has 112 valence electrons. The number of hydrogen-bond acceptors (Lipinski definition) is 3. The predicted octanol–water partition coefficient (Wildman–Crippen LogP) is 3.58. The monoisotopic (exact) mass is 277 g/mol. The van der Waals surface area contributed by atoms with Gasteiger partial charge in [-0.25, -0.2) is 0 Å². The van der Waals surface area contributed by atoms with Crippen LogP contribution in [-0.4, -0.2) is 25.3 Å². The van der Waals surface area contributed by atoms with Gasteiger partial charge in [0, 0.05) is 17.6 Å². The highest BCUT2D eigenvalue weighted by Crippen LogP contribution is 2.25. The molecular weight excluding hydrogens is 250 g/mol. The number of nitrogens with one attached hydrogen (secondary N) is 1. The molecule has 0 fully saturated rings. The summed E-state index contributed by atoms with van der Waals surface area (Å²) in [5, 5.41) is 3.41. The van der Waals surface area contributed by atoms with E-state index in [1.165, 1.54) is 0 Å². The van der Waals surface area contributed by atoms with Gasteiger partial charge in [-0.15, -0.1) is 6.58 Å². The Bertz CT molecular complexity index is 421. The summed E-state index contributed by atoms with van der Waals surface area (Å²) >= 11 is 0. The van der Waals surface area contributed by atoms with Crippen molar-refractivity contribution < 1.29 is 9.47 Å². The molecule has 0 aliphatic rings. The van der Waals surface area contributed by atoms with Gasteiger partial charge in [-0.05, 0) is 52.3 Å². The highest BCUT2D eigenvalue weighted by Gasteiger charge is 2.09. The largest absolute Gasteiger partial charge is 0.494 e. The maximum Gasteiger partial charge on any atom is 0.123 e. The summed E-state index contributed by atoms with van der Waals surface area (Å²) in [6.07, 6.45) is 2.66. The van der Waals surface area contributed by atoms with Gasteiger partial charge in [0.05, 0.1) is 6.61 Å². The fourth-order valence-corrected chi connectivity index (χ4v) is 1.86. The van der Waals surface area contributed by atoms with E-state index in [2.05, 4.69) is 32.7 Å². The van der Waals surface area contributed by atoms with Crippen molar-refractivity contribution in [3.8, 4) is 11.5 Å². The molecule has 0 aromatic heterocycles. The number of benzene rings is 1. The van der Waals surface area contributed by atoms with Crippen LogP contribution in [0.25, 0.3) is 0 Å². The number of allylic oxidation sites excluding steroid dienone is 1. The van der Waals surface area contributed by atoms with Gasteiger partial charge in [-0.2, -0.15) is 0 Å². The second kappa shape index (κ2) is 7.95. The van der Waals surface area contributed by atoms with Crippen molar-refractivity contribution in [2.24, 2.45) is 0 Å². The molecule has 1 aromatic carbocycles. The molecular formula is C17H27NO2. The lowest BCUT2D eigenvalue weighted by Gasteiger charge is -2.21. The van der Waals surface area contributed by atoms with E-state index in [-0.39, 0.29) is 5.54 Å². The van der Waals surface area contributed by atoms with Crippen LogP contribution in [-0.2, 0) is 6.42 Å². The normalized spacial score (nSPS) is 11.2. The summed E-state index contributed by atoms with van der Waals surface area (Å²) in [5.41, 5.74) is 1.23. The van der Waals surface area contributed by atoms with E-state index in [9.17, 15) is 0 Å². The third kappa shape index (κ3) is 6.11. The Morgan fingerprint density at radius 3 is 2.60 bits per heavy atom. The molecule has 1 rings (SSSR count). The van der Waals surface area contributed by atoms with Crippen LogP contribution in [0, 0.1) is 0 Å². The molecule has 0 atom stereocenters. The summed E-state index contributed by atoms with van der Waals surface area (Å²) in [7, 11) is 0. The summed E-state index contributed by atoms with van der Waals surface area (Å²) in [5.74, 6) is 1.79. The van der Waals surface area contributed by atoms with Gasteiger partial charge >= 0.3 is 0 Å². The third-order valence-corrected chi connectivity index (χ3v) is 2.72. The Morgan fingerprint density at radius 1 is 1.25 bits per heavy atom. The molecule has 0 unspecified atom stereocenters. The van der Waals surface area contributed by atoms with Crippen molar-refractivity contribution in [1.29, 1.82) is 0 Å². The number of ether oxygens (including phenoxy) is 2. The Hall–Kier alpha value is -1.48. The standard InChI is InChI=1S/C17H27NO2/c1-6-8-14-13-15(19-7-2)9-10-16(14)20-12-11-18-17(3,4)5/h6,9-10,13,18H,1,7-8,11-12H2,2-5H3. The van der Waals surface area contributed by atoms with E-state index >= 15 is 0 Å². The van der Waals surface area contributed by atoms with Crippen LogP contribution in [0.1, 0.15) is 33.3 Å². The summed E-state index contributed by atoms with van der Waals surface area (Å²) in [4.78, 5) is 0. The van der Waals surface area contributed by atoms with Crippen LogP contribution >= 0.6 is 0 Å². The van der Waals surface area contributed by atoms with Gasteiger partial charge < -0.3 is 14.8 Å². The Labute approximate surface area is 123 Å². The van der Waals surface area contributed by atoms with Gasteiger partial charge in [0.1, 0.15) is 18.1 Å². The SMILES string of the molecule is C=CCc1cc(OCC)ccc1OCCNC(C)(C)C. The number of hydrogen-bond donors (Lipinski definition) is 1. The Kier molecular flexibility index (Phi) is 6.59. The van der Waals surface area contributed by atoms with Gasteiger partial charge in [-0.1, -0.05) is 6.08 Å². The first kappa shape index (κ1) is 16.6. The second-order valence-electron chi connectivity index (χ2n) is 5.72. The van der Waals surface area contributed by atoms with Crippen molar-refractivity contribution >= 4 is 0 Å². The van der Waals surface area contributed by atoms with E-state index < -0.39 is 0 Å². The molecule has 0 amide bonds. The van der Waals surface area contributed by atoms with Crippen LogP contribution in [0.2, 0.25) is 0 Å². The minimum Gasteiger partial charge on any atom is -0.494 e. The molecule has 3 nitrogen and oxygen atoms in total. The minimum absolute atomic E-state index is 0.117. The van der Waals surface area contributed by atoms with E-state index in [0.29, 0.717) is 13.2 Å². The van der Waals surface area contributed by atoms with Gasteiger partial charge in [0.25, 0.3) is 0 Å². The molecule has 0 heterocycles. The van der Waals surface area contributed by atoms with Crippen molar-refractivity contribution in [3.05, 3.63) is 36.4 Å². The lowest BCUT2D eigenvalue weighted by atomic mass is 10.1. The molecule has 0 spiro atoms. The maximum absolute atomic E-state index is 5.85. The molecule has 0 bridgehead atoms. The van der Waals surface area contributed by atoms with Crippen LogP contribution in [0.15, 0.2) is 30.9 Å². The average molecular weight is 277 g/mol. The minimum atomic E-state index is 0.117. The lowest BCUT2D eigenvalue weighted by Crippen LogP contribution is -2.38. The zero-order valence-electron chi connectivity index (χ0n) is 13.2. The molecule has 3 heteroatoms.